The van der Waals surface area contributed by atoms with Gasteiger partial charge in [0.1, 0.15) is 10.9 Å². The summed E-state index contributed by atoms with van der Waals surface area (Å²) in [7, 11) is -3.59. The van der Waals surface area contributed by atoms with Gasteiger partial charge in [0.15, 0.2) is 0 Å². The Morgan fingerprint density at radius 2 is 1.86 bits per heavy atom. The molecule has 0 unspecified atom stereocenters. The molecule has 5 nitrogen and oxygen atoms in total. The molecule has 0 saturated heterocycles. The molecule has 1 heterocycles. The van der Waals surface area contributed by atoms with Crippen molar-refractivity contribution in [3.63, 3.8) is 0 Å². The summed E-state index contributed by atoms with van der Waals surface area (Å²) in [6.07, 6.45) is 0. The lowest BCUT2D eigenvalue weighted by atomic mass is 10.1. The van der Waals surface area contributed by atoms with Gasteiger partial charge in [-0.25, -0.2) is 9.55 Å². The van der Waals surface area contributed by atoms with Gasteiger partial charge in [-0.15, -0.1) is 0 Å². The topological polar surface area (TPSA) is 57.7 Å². The third kappa shape index (κ3) is 3.95. The Labute approximate surface area is 128 Å². The summed E-state index contributed by atoms with van der Waals surface area (Å²) in [5, 5.41) is 1.31. The third-order valence-corrected chi connectivity index (χ3v) is 4.52. The molecule has 0 aliphatic carbocycles. The molecule has 2 aromatic rings. The molecule has 0 saturated carbocycles. The van der Waals surface area contributed by atoms with Crippen LogP contribution < -0.4 is 4.52 Å². The van der Waals surface area contributed by atoms with Gasteiger partial charge in [0.2, 0.25) is 0 Å². The Bertz CT molecular complexity index is 682. The summed E-state index contributed by atoms with van der Waals surface area (Å²) in [4.78, 5) is 4.23. The van der Waals surface area contributed by atoms with Crippen LogP contribution >= 0.6 is 19.4 Å². The number of rotatable bonds is 6. The normalized spacial score (nSPS) is 11.8. The number of fused-ring (bicyclic) bond motifs is 1. The highest BCUT2D eigenvalue weighted by atomic mass is 35.5. The molecule has 1 aromatic heterocycles. The zero-order valence-corrected chi connectivity index (χ0v) is 13.8. The highest BCUT2D eigenvalue weighted by Gasteiger charge is 2.27. The van der Waals surface area contributed by atoms with E-state index in [9.17, 15) is 4.57 Å². The predicted molar refractivity (Wildman–Crippen MR) is 83.0 cm³/mol. The molecule has 0 amide bonds. The molecule has 0 fully saturated rings. The molecule has 1 aromatic carbocycles. The molecular weight excluding hydrogens is 313 g/mol. The molecule has 0 N–H and O–H groups in total. The molecule has 0 aliphatic heterocycles. The fraction of sp³-hybridized carbons (Fsp3) is 0.357. The fourth-order valence-electron chi connectivity index (χ4n) is 1.92. The first-order chi connectivity index (χ1) is 9.97. The van der Waals surface area contributed by atoms with Crippen molar-refractivity contribution in [1.29, 1.82) is 0 Å². The number of nitrogens with zero attached hydrogens (tertiary/aromatic N) is 1. The van der Waals surface area contributed by atoms with Gasteiger partial charge in [0.05, 0.1) is 18.7 Å². The van der Waals surface area contributed by atoms with E-state index in [1.54, 1.807) is 38.1 Å². The van der Waals surface area contributed by atoms with E-state index in [4.69, 9.17) is 25.2 Å². The maximum absolute atomic E-state index is 12.4. The molecule has 0 spiro atoms. The van der Waals surface area contributed by atoms with Crippen molar-refractivity contribution in [3.8, 4) is 5.75 Å². The van der Waals surface area contributed by atoms with Crippen LogP contribution in [0.1, 0.15) is 19.4 Å². The molecule has 114 valence electrons. The number of pyridine rings is 1. The Hall–Kier alpha value is -1.13. The summed E-state index contributed by atoms with van der Waals surface area (Å²) < 4.78 is 28.0. The minimum atomic E-state index is -3.59. The summed E-state index contributed by atoms with van der Waals surface area (Å²) in [6.45, 7) is 5.85. The van der Waals surface area contributed by atoms with Crippen molar-refractivity contribution < 1.29 is 18.1 Å². The fourth-order valence-corrected chi connectivity index (χ4v) is 3.36. The van der Waals surface area contributed by atoms with Crippen molar-refractivity contribution in [2.45, 2.75) is 20.8 Å². The van der Waals surface area contributed by atoms with Gasteiger partial charge in [-0.3, -0.25) is 9.05 Å². The van der Waals surface area contributed by atoms with E-state index in [1.807, 2.05) is 6.92 Å². The minimum Gasteiger partial charge on any atom is -0.404 e. The zero-order chi connectivity index (χ0) is 15.5. The van der Waals surface area contributed by atoms with Gasteiger partial charge in [-0.1, -0.05) is 11.6 Å². The lowest BCUT2D eigenvalue weighted by molar-refractivity contribution is 0.167. The molecule has 7 heteroatoms. The van der Waals surface area contributed by atoms with Crippen LogP contribution in [0.2, 0.25) is 5.15 Å². The monoisotopic (exact) mass is 329 g/mol. The summed E-state index contributed by atoms with van der Waals surface area (Å²) in [5.41, 5.74) is 1.70. The van der Waals surface area contributed by atoms with Crippen molar-refractivity contribution in [3.05, 3.63) is 35.0 Å². The maximum Gasteiger partial charge on any atom is 0.530 e. The average molecular weight is 330 g/mol. The summed E-state index contributed by atoms with van der Waals surface area (Å²) >= 11 is 5.93. The van der Waals surface area contributed by atoms with Crippen LogP contribution in [-0.2, 0) is 13.6 Å². The largest absolute Gasteiger partial charge is 0.530 e. The number of hydrogen-bond donors (Lipinski definition) is 0. The number of benzene rings is 1. The van der Waals surface area contributed by atoms with Crippen LogP contribution in [0, 0.1) is 6.92 Å². The smallest absolute Gasteiger partial charge is 0.404 e. The quantitative estimate of drug-likeness (QED) is 0.565. The SMILES string of the molecule is CCOP(=O)(OCC)Oc1ccc2nc(Cl)cc(C)c2c1. The minimum absolute atomic E-state index is 0.237. The van der Waals surface area contributed by atoms with E-state index in [0.717, 1.165) is 16.5 Å². The number of halogens is 1. The first-order valence-corrected chi connectivity index (χ1v) is 8.47. The van der Waals surface area contributed by atoms with Crippen LogP contribution in [-0.4, -0.2) is 18.2 Å². The molecule has 0 bridgehead atoms. The number of aromatic nitrogens is 1. The average Bonchev–Trinajstić information content (AvgIpc) is 2.39. The number of aryl methyl sites for hydroxylation is 1. The van der Waals surface area contributed by atoms with Crippen LogP contribution in [0.15, 0.2) is 24.3 Å². The second-order valence-corrected chi connectivity index (χ2v) is 6.30. The van der Waals surface area contributed by atoms with Gasteiger partial charge in [0, 0.05) is 5.39 Å². The first kappa shape index (κ1) is 16.2. The predicted octanol–water partition coefficient (Wildman–Crippen LogP) is 4.76. The second-order valence-electron chi connectivity index (χ2n) is 4.31. The number of hydrogen-bond acceptors (Lipinski definition) is 5. The van der Waals surface area contributed by atoms with Crippen LogP contribution in [0.4, 0.5) is 0 Å². The number of phosphoric ester groups is 1. The van der Waals surface area contributed by atoms with Crippen molar-refractivity contribution in [2.75, 3.05) is 13.2 Å². The third-order valence-electron chi connectivity index (χ3n) is 2.75. The van der Waals surface area contributed by atoms with E-state index >= 15 is 0 Å². The van der Waals surface area contributed by atoms with Crippen LogP contribution in [0.3, 0.4) is 0 Å². The zero-order valence-electron chi connectivity index (χ0n) is 12.1. The van der Waals surface area contributed by atoms with E-state index in [-0.39, 0.29) is 13.2 Å². The van der Waals surface area contributed by atoms with Gasteiger partial charge in [0.25, 0.3) is 0 Å². The van der Waals surface area contributed by atoms with E-state index < -0.39 is 7.82 Å². The molecule has 2 rings (SSSR count). The van der Waals surface area contributed by atoms with Crippen molar-refractivity contribution in [1.82, 2.24) is 4.98 Å². The van der Waals surface area contributed by atoms with Crippen molar-refractivity contribution in [2.24, 2.45) is 0 Å². The Balaban J connectivity index is 2.36. The molecular formula is C14H17ClNO4P. The molecule has 21 heavy (non-hydrogen) atoms. The Morgan fingerprint density at radius 1 is 1.19 bits per heavy atom. The Kier molecular flexibility index (Phi) is 5.22. The lowest BCUT2D eigenvalue weighted by Crippen LogP contribution is -2.02. The highest BCUT2D eigenvalue weighted by molar-refractivity contribution is 7.48. The van der Waals surface area contributed by atoms with Crippen molar-refractivity contribution >= 4 is 30.3 Å². The van der Waals surface area contributed by atoms with Crippen LogP contribution in [0.5, 0.6) is 5.75 Å². The molecule has 0 radical (unpaired) electrons. The Morgan fingerprint density at radius 3 is 2.48 bits per heavy atom. The summed E-state index contributed by atoms with van der Waals surface area (Å²) in [6, 6.07) is 6.93. The first-order valence-electron chi connectivity index (χ1n) is 6.63. The van der Waals surface area contributed by atoms with Gasteiger partial charge in [-0.2, -0.15) is 0 Å². The highest BCUT2D eigenvalue weighted by Crippen LogP contribution is 2.49. The van der Waals surface area contributed by atoms with Crippen LogP contribution in [0.25, 0.3) is 10.9 Å². The van der Waals surface area contributed by atoms with Gasteiger partial charge in [-0.05, 0) is 50.6 Å². The standard InChI is InChI=1S/C14H17ClNO4P/c1-4-18-21(17,19-5-2)20-11-6-7-13-12(9-11)10(3)8-14(15)16-13/h6-9H,4-5H2,1-3H3. The summed E-state index contributed by atoms with van der Waals surface area (Å²) in [5.74, 6) is 0.403. The second kappa shape index (κ2) is 6.75. The molecule has 0 aliphatic rings. The molecule has 0 atom stereocenters. The van der Waals surface area contributed by atoms with Gasteiger partial charge >= 0.3 is 7.82 Å². The van der Waals surface area contributed by atoms with E-state index in [2.05, 4.69) is 4.98 Å². The van der Waals surface area contributed by atoms with E-state index in [1.165, 1.54) is 0 Å². The van der Waals surface area contributed by atoms with Gasteiger partial charge < -0.3 is 4.52 Å². The number of phosphoric acid groups is 1. The maximum atomic E-state index is 12.4. The lowest BCUT2D eigenvalue weighted by Gasteiger charge is -2.17. The van der Waals surface area contributed by atoms with E-state index in [0.29, 0.717) is 10.9 Å².